The number of aliphatic hydroxyl groups excluding tert-OH is 1. The van der Waals surface area contributed by atoms with Gasteiger partial charge in [-0.05, 0) is 48.5 Å². The molecule has 5 heteroatoms. The second-order valence-electron chi connectivity index (χ2n) is 5.86. The van der Waals surface area contributed by atoms with Gasteiger partial charge < -0.3 is 10.4 Å². The van der Waals surface area contributed by atoms with E-state index in [0.717, 1.165) is 40.8 Å². The smallest absolute Gasteiger partial charge is 0.0737 e. The van der Waals surface area contributed by atoms with Gasteiger partial charge in [-0.15, -0.1) is 5.73 Å². The Morgan fingerprint density at radius 3 is 2.96 bits per heavy atom. The molecule has 1 aromatic heterocycles. The summed E-state index contributed by atoms with van der Waals surface area (Å²) in [5.41, 5.74) is 7.36. The summed E-state index contributed by atoms with van der Waals surface area (Å²) in [6, 6.07) is 7.68. The van der Waals surface area contributed by atoms with Gasteiger partial charge in [-0.25, -0.2) is 0 Å². The first-order chi connectivity index (χ1) is 12.2. The number of likely N-dealkylation sites (N-methyl/N-ethyl adjacent to an activating group) is 1. The van der Waals surface area contributed by atoms with Gasteiger partial charge in [0.2, 0.25) is 0 Å². The van der Waals surface area contributed by atoms with Gasteiger partial charge in [0, 0.05) is 47.5 Å². The van der Waals surface area contributed by atoms with Crippen molar-refractivity contribution in [2.45, 2.75) is 6.92 Å². The van der Waals surface area contributed by atoms with Crippen LogP contribution in [0.5, 0.6) is 0 Å². The molecule has 0 amide bonds. The van der Waals surface area contributed by atoms with Crippen molar-refractivity contribution in [3.63, 3.8) is 0 Å². The average Bonchev–Trinajstić information content (AvgIpc) is 3.06. The number of pyridine rings is 1. The molecule has 4 nitrogen and oxygen atoms in total. The third-order valence-corrected chi connectivity index (χ3v) is 4.50. The number of nitrogens with one attached hydrogen (secondary N) is 1. The highest BCUT2D eigenvalue weighted by Crippen LogP contribution is 2.25. The quantitative estimate of drug-likeness (QED) is 0.713. The molecule has 3 rings (SSSR count). The molecule has 25 heavy (non-hydrogen) atoms. The molecule has 0 spiro atoms. The van der Waals surface area contributed by atoms with E-state index < -0.39 is 0 Å². The fraction of sp³-hybridized carbons (Fsp3) is 0.300. The third-order valence-electron chi connectivity index (χ3n) is 4.26. The topological polar surface area (TPSA) is 48.4 Å². The zero-order valence-corrected chi connectivity index (χ0v) is 15.0. The van der Waals surface area contributed by atoms with Gasteiger partial charge in [-0.3, -0.25) is 9.88 Å². The van der Waals surface area contributed by atoms with Crippen LogP contribution in [-0.2, 0) is 0 Å². The van der Waals surface area contributed by atoms with Crippen LogP contribution in [0.3, 0.4) is 0 Å². The number of fused-ring (bicyclic) bond motifs is 1. The Bertz CT molecular complexity index is 853. The lowest BCUT2D eigenvalue weighted by Gasteiger charge is -2.21. The first-order valence-electron chi connectivity index (χ1n) is 8.39. The molecule has 0 atom stereocenters. The molecule has 0 aliphatic heterocycles. The maximum Gasteiger partial charge on any atom is 0.0737 e. The maximum absolute atomic E-state index is 9.15. The molecule has 0 bridgehead atoms. The van der Waals surface area contributed by atoms with Crippen molar-refractivity contribution >= 4 is 28.2 Å². The van der Waals surface area contributed by atoms with Gasteiger partial charge >= 0.3 is 0 Å². The highest BCUT2D eigenvalue weighted by molar-refractivity contribution is 6.31. The number of hydrogen-bond donors (Lipinski definition) is 2. The Morgan fingerprint density at radius 2 is 2.16 bits per heavy atom. The van der Waals surface area contributed by atoms with Crippen LogP contribution in [0.2, 0.25) is 5.02 Å². The van der Waals surface area contributed by atoms with E-state index >= 15 is 0 Å². The summed E-state index contributed by atoms with van der Waals surface area (Å²) in [6.45, 7) is 5.24. The van der Waals surface area contributed by atoms with Gasteiger partial charge in [0.25, 0.3) is 0 Å². The zero-order valence-electron chi connectivity index (χ0n) is 14.2. The standard InChI is InChI=1S/C20H21ClN3O/c1-2-24(10-11-25)14-16-5-3-4-15(16)13-23-19-8-9-22-20-12-17(21)6-7-18(19)20/h3,6-9,12,25H,2,10-11,13-14H2,1H3,(H,22,23). The van der Waals surface area contributed by atoms with E-state index in [2.05, 4.69) is 33.9 Å². The molecule has 0 unspecified atom stereocenters. The Morgan fingerprint density at radius 1 is 1.28 bits per heavy atom. The normalized spacial score (nSPS) is 13.4. The van der Waals surface area contributed by atoms with Crippen LogP contribution in [0, 0.1) is 6.08 Å². The fourth-order valence-electron chi connectivity index (χ4n) is 2.86. The number of benzene rings is 1. The molecule has 1 heterocycles. The van der Waals surface area contributed by atoms with Gasteiger partial charge in [-0.2, -0.15) is 0 Å². The molecular formula is C20H21ClN3O. The lowest BCUT2D eigenvalue weighted by atomic mass is 10.1. The third kappa shape index (κ3) is 4.30. The summed E-state index contributed by atoms with van der Waals surface area (Å²) in [5, 5.41) is 14.3. The lowest BCUT2D eigenvalue weighted by Crippen LogP contribution is -2.29. The minimum Gasteiger partial charge on any atom is -0.395 e. The van der Waals surface area contributed by atoms with E-state index in [1.807, 2.05) is 30.3 Å². The highest BCUT2D eigenvalue weighted by atomic mass is 35.5. The highest BCUT2D eigenvalue weighted by Gasteiger charge is 2.13. The summed E-state index contributed by atoms with van der Waals surface area (Å²) in [6.07, 6.45) is 6.88. The lowest BCUT2D eigenvalue weighted by molar-refractivity contribution is 0.212. The number of aliphatic hydroxyl groups is 1. The van der Waals surface area contributed by atoms with Crippen LogP contribution in [0.1, 0.15) is 6.92 Å². The van der Waals surface area contributed by atoms with Crippen molar-refractivity contribution in [2.75, 3.05) is 38.1 Å². The molecular weight excluding hydrogens is 334 g/mol. The molecule has 1 aliphatic carbocycles. The Kier molecular flexibility index (Phi) is 5.90. The number of hydrogen-bond acceptors (Lipinski definition) is 4. The molecule has 1 radical (unpaired) electrons. The summed E-state index contributed by atoms with van der Waals surface area (Å²) < 4.78 is 0. The van der Waals surface area contributed by atoms with Crippen molar-refractivity contribution in [3.8, 4) is 0 Å². The van der Waals surface area contributed by atoms with E-state index in [1.54, 1.807) is 6.20 Å². The van der Waals surface area contributed by atoms with Gasteiger partial charge in [-0.1, -0.05) is 18.5 Å². The molecule has 2 N–H and O–H groups in total. The molecule has 2 aromatic rings. The fourth-order valence-corrected chi connectivity index (χ4v) is 3.02. The van der Waals surface area contributed by atoms with Crippen molar-refractivity contribution in [1.29, 1.82) is 0 Å². The number of rotatable bonds is 8. The Balaban J connectivity index is 1.69. The van der Waals surface area contributed by atoms with Crippen molar-refractivity contribution < 1.29 is 5.11 Å². The minimum atomic E-state index is 0.164. The predicted molar refractivity (Wildman–Crippen MR) is 103 cm³/mol. The van der Waals surface area contributed by atoms with E-state index in [4.69, 9.17) is 16.7 Å². The number of allylic oxidation sites excluding steroid dienone is 1. The summed E-state index contributed by atoms with van der Waals surface area (Å²) >= 11 is 6.05. The zero-order chi connectivity index (χ0) is 17.6. The van der Waals surface area contributed by atoms with Crippen LogP contribution in [0.4, 0.5) is 5.69 Å². The first-order valence-corrected chi connectivity index (χ1v) is 8.77. The van der Waals surface area contributed by atoms with E-state index in [0.29, 0.717) is 18.1 Å². The van der Waals surface area contributed by atoms with Crippen LogP contribution in [-0.4, -0.2) is 47.8 Å². The van der Waals surface area contributed by atoms with Crippen molar-refractivity contribution in [2.24, 2.45) is 0 Å². The SMILES string of the molecule is CCN(CCO)CC1=C=C[C]=C1CNc1ccnc2cc(Cl)ccc12. The van der Waals surface area contributed by atoms with E-state index in [9.17, 15) is 0 Å². The molecule has 0 fully saturated rings. The molecule has 1 aliphatic rings. The van der Waals surface area contributed by atoms with Gasteiger partial charge in [0.05, 0.1) is 12.1 Å². The predicted octanol–water partition coefficient (Wildman–Crippen LogP) is 3.44. The number of nitrogens with zero attached hydrogens (tertiary/aromatic N) is 2. The summed E-state index contributed by atoms with van der Waals surface area (Å²) in [5.74, 6) is 0. The van der Waals surface area contributed by atoms with Crippen LogP contribution in [0.15, 0.2) is 53.4 Å². The number of halogens is 1. The van der Waals surface area contributed by atoms with Crippen molar-refractivity contribution in [3.05, 3.63) is 64.5 Å². The van der Waals surface area contributed by atoms with E-state index in [1.165, 1.54) is 0 Å². The maximum atomic E-state index is 9.15. The molecule has 1 aromatic carbocycles. The molecule has 0 saturated carbocycles. The molecule has 0 saturated heterocycles. The summed E-state index contributed by atoms with van der Waals surface area (Å²) in [7, 11) is 0. The average molecular weight is 355 g/mol. The molecule has 129 valence electrons. The monoisotopic (exact) mass is 354 g/mol. The van der Waals surface area contributed by atoms with Crippen LogP contribution in [0.25, 0.3) is 10.9 Å². The summed E-state index contributed by atoms with van der Waals surface area (Å²) in [4.78, 5) is 6.55. The number of anilines is 1. The van der Waals surface area contributed by atoms with Gasteiger partial charge in [0.15, 0.2) is 0 Å². The number of aromatic nitrogens is 1. The minimum absolute atomic E-state index is 0.164. The van der Waals surface area contributed by atoms with Crippen molar-refractivity contribution in [1.82, 2.24) is 9.88 Å². The Labute approximate surface area is 153 Å². The van der Waals surface area contributed by atoms with Gasteiger partial charge in [0.1, 0.15) is 0 Å². The first kappa shape index (κ1) is 17.7. The van der Waals surface area contributed by atoms with Crippen LogP contribution >= 0.6 is 11.6 Å². The largest absolute Gasteiger partial charge is 0.395 e. The Hall–Kier alpha value is -2.10. The second-order valence-corrected chi connectivity index (χ2v) is 6.29. The van der Waals surface area contributed by atoms with E-state index in [-0.39, 0.29) is 6.61 Å². The van der Waals surface area contributed by atoms with Crippen LogP contribution < -0.4 is 5.32 Å². The second kappa shape index (κ2) is 8.32.